The van der Waals surface area contributed by atoms with Crippen LogP contribution in [0.2, 0.25) is 0 Å². The number of hydrogen-bond donors (Lipinski definition) is 1. The Morgan fingerprint density at radius 2 is 1.76 bits per heavy atom. The molecule has 0 amide bonds. The summed E-state index contributed by atoms with van der Waals surface area (Å²) < 4.78 is 10.9. The predicted molar refractivity (Wildman–Crippen MR) is 84.1 cm³/mol. The molecule has 1 heterocycles. The van der Waals surface area contributed by atoms with E-state index in [0.29, 0.717) is 6.04 Å². The van der Waals surface area contributed by atoms with Gasteiger partial charge in [0, 0.05) is 6.04 Å². The fraction of sp³-hybridized carbons (Fsp3) is 0.333. The normalized spacial score (nSPS) is 17.1. The van der Waals surface area contributed by atoms with Crippen molar-refractivity contribution in [2.45, 2.75) is 18.9 Å². The van der Waals surface area contributed by atoms with Crippen LogP contribution in [0.5, 0.6) is 11.5 Å². The lowest BCUT2D eigenvalue weighted by Gasteiger charge is -2.28. The molecule has 1 aliphatic rings. The van der Waals surface area contributed by atoms with Crippen molar-refractivity contribution < 1.29 is 9.47 Å². The summed E-state index contributed by atoms with van der Waals surface area (Å²) in [7, 11) is 3.37. The van der Waals surface area contributed by atoms with Gasteiger partial charge in [-0.05, 0) is 48.2 Å². The highest BCUT2D eigenvalue weighted by molar-refractivity contribution is 5.49. The second-order valence-corrected chi connectivity index (χ2v) is 5.35. The van der Waals surface area contributed by atoms with Gasteiger partial charge < -0.3 is 14.8 Å². The van der Waals surface area contributed by atoms with Crippen molar-refractivity contribution >= 4 is 0 Å². The van der Waals surface area contributed by atoms with Crippen molar-refractivity contribution in [2.24, 2.45) is 0 Å². The van der Waals surface area contributed by atoms with Crippen LogP contribution in [-0.4, -0.2) is 20.8 Å². The summed E-state index contributed by atoms with van der Waals surface area (Å²) in [5.74, 6) is 1.62. The van der Waals surface area contributed by atoms with E-state index in [0.717, 1.165) is 30.9 Å². The smallest absolute Gasteiger partial charge is 0.161 e. The number of methoxy groups -OCH3 is 2. The van der Waals surface area contributed by atoms with Gasteiger partial charge in [-0.2, -0.15) is 0 Å². The van der Waals surface area contributed by atoms with Crippen molar-refractivity contribution in [3.63, 3.8) is 0 Å². The molecule has 3 nitrogen and oxygen atoms in total. The minimum atomic E-state index is 0.330. The fourth-order valence-electron chi connectivity index (χ4n) is 3.00. The van der Waals surface area contributed by atoms with E-state index >= 15 is 0 Å². The lowest BCUT2D eigenvalue weighted by Crippen LogP contribution is -2.31. The van der Waals surface area contributed by atoms with E-state index in [2.05, 4.69) is 47.8 Å². The molecular formula is C18H21NO2. The Balaban J connectivity index is 1.93. The lowest BCUT2D eigenvalue weighted by atomic mass is 9.90. The average molecular weight is 283 g/mol. The van der Waals surface area contributed by atoms with Gasteiger partial charge in [0.15, 0.2) is 11.5 Å². The largest absolute Gasteiger partial charge is 0.493 e. The van der Waals surface area contributed by atoms with E-state index in [4.69, 9.17) is 9.47 Å². The molecule has 3 rings (SSSR count). The summed E-state index contributed by atoms with van der Waals surface area (Å²) in [6.45, 7) is 1.000. The number of ether oxygens (including phenoxy) is 2. The van der Waals surface area contributed by atoms with Crippen molar-refractivity contribution in [1.82, 2.24) is 5.32 Å². The molecule has 3 heteroatoms. The molecule has 0 saturated carbocycles. The number of fused-ring (bicyclic) bond motifs is 1. The third-order valence-corrected chi connectivity index (χ3v) is 4.09. The molecule has 2 aromatic rings. The molecule has 0 spiro atoms. The quantitative estimate of drug-likeness (QED) is 0.935. The Kier molecular flexibility index (Phi) is 4.11. The van der Waals surface area contributed by atoms with Crippen LogP contribution in [0.25, 0.3) is 0 Å². The summed E-state index contributed by atoms with van der Waals surface area (Å²) in [6, 6.07) is 15.2. The average Bonchev–Trinajstić information content (AvgIpc) is 2.55. The molecule has 1 unspecified atom stereocenters. The summed E-state index contributed by atoms with van der Waals surface area (Å²) in [4.78, 5) is 0. The Morgan fingerprint density at radius 1 is 1.05 bits per heavy atom. The molecule has 1 atom stereocenters. The minimum Gasteiger partial charge on any atom is -0.493 e. The van der Waals surface area contributed by atoms with Crippen LogP contribution in [0, 0.1) is 0 Å². The van der Waals surface area contributed by atoms with Crippen molar-refractivity contribution in [2.75, 3.05) is 20.8 Å². The number of nitrogens with one attached hydrogen (secondary N) is 1. The van der Waals surface area contributed by atoms with E-state index in [1.807, 2.05) is 0 Å². The predicted octanol–water partition coefficient (Wildman–Crippen LogP) is 3.13. The van der Waals surface area contributed by atoms with Crippen LogP contribution in [0.1, 0.15) is 22.7 Å². The highest BCUT2D eigenvalue weighted by atomic mass is 16.5. The van der Waals surface area contributed by atoms with E-state index in [1.54, 1.807) is 14.2 Å². The summed E-state index contributed by atoms with van der Waals surface area (Å²) in [6.07, 6.45) is 2.02. The van der Waals surface area contributed by atoms with Crippen molar-refractivity contribution in [1.29, 1.82) is 0 Å². The summed E-state index contributed by atoms with van der Waals surface area (Å²) >= 11 is 0. The first-order chi connectivity index (χ1) is 10.3. The first-order valence-electron chi connectivity index (χ1n) is 7.34. The zero-order valence-electron chi connectivity index (χ0n) is 12.6. The third-order valence-electron chi connectivity index (χ3n) is 4.09. The molecule has 0 saturated heterocycles. The van der Waals surface area contributed by atoms with Gasteiger partial charge in [0.1, 0.15) is 0 Å². The molecule has 0 aromatic heterocycles. The molecule has 110 valence electrons. The zero-order chi connectivity index (χ0) is 14.7. The maximum atomic E-state index is 5.45. The SMILES string of the molecule is COc1cc2c(cc1OC)C(Cc1ccccc1)NCC2. The van der Waals surface area contributed by atoms with Crippen LogP contribution in [-0.2, 0) is 12.8 Å². The maximum Gasteiger partial charge on any atom is 0.161 e. The fourth-order valence-corrected chi connectivity index (χ4v) is 3.00. The first kappa shape index (κ1) is 14.0. The molecule has 0 bridgehead atoms. The van der Waals surface area contributed by atoms with Crippen LogP contribution in [0.3, 0.4) is 0 Å². The van der Waals surface area contributed by atoms with Crippen molar-refractivity contribution in [3.05, 3.63) is 59.2 Å². The summed E-state index contributed by atoms with van der Waals surface area (Å²) in [5, 5.41) is 3.62. The molecule has 1 aliphatic heterocycles. The van der Waals surface area contributed by atoms with Crippen LogP contribution < -0.4 is 14.8 Å². The summed E-state index contributed by atoms with van der Waals surface area (Å²) in [5.41, 5.74) is 4.02. The monoisotopic (exact) mass is 283 g/mol. The van der Waals surface area contributed by atoms with Crippen molar-refractivity contribution in [3.8, 4) is 11.5 Å². The van der Waals surface area contributed by atoms with Gasteiger partial charge in [0.25, 0.3) is 0 Å². The molecule has 0 radical (unpaired) electrons. The van der Waals surface area contributed by atoms with Gasteiger partial charge >= 0.3 is 0 Å². The lowest BCUT2D eigenvalue weighted by molar-refractivity contribution is 0.352. The molecule has 1 N–H and O–H groups in total. The van der Waals surface area contributed by atoms with Gasteiger partial charge in [0.05, 0.1) is 14.2 Å². The highest BCUT2D eigenvalue weighted by Crippen LogP contribution is 2.36. The van der Waals surface area contributed by atoms with E-state index in [-0.39, 0.29) is 0 Å². The maximum absolute atomic E-state index is 5.45. The van der Waals surface area contributed by atoms with Gasteiger partial charge in [0.2, 0.25) is 0 Å². The van der Waals surface area contributed by atoms with E-state index in [9.17, 15) is 0 Å². The van der Waals surface area contributed by atoms with Crippen LogP contribution in [0.4, 0.5) is 0 Å². The Hall–Kier alpha value is -2.00. The zero-order valence-corrected chi connectivity index (χ0v) is 12.6. The second kappa shape index (κ2) is 6.19. The highest BCUT2D eigenvalue weighted by Gasteiger charge is 2.22. The minimum absolute atomic E-state index is 0.330. The van der Waals surface area contributed by atoms with E-state index < -0.39 is 0 Å². The van der Waals surface area contributed by atoms with Gasteiger partial charge in [-0.1, -0.05) is 30.3 Å². The van der Waals surface area contributed by atoms with Gasteiger partial charge in [-0.3, -0.25) is 0 Å². The Morgan fingerprint density at radius 3 is 2.48 bits per heavy atom. The van der Waals surface area contributed by atoms with Crippen LogP contribution >= 0.6 is 0 Å². The number of hydrogen-bond acceptors (Lipinski definition) is 3. The Labute approximate surface area is 125 Å². The molecule has 0 aliphatic carbocycles. The number of rotatable bonds is 4. The molecule has 0 fully saturated rings. The molecular weight excluding hydrogens is 262 g/mol. The van der Waals surface area contributed by atoms with Crippen LogP contribution in [0.15, 0.2) is 42.5 Å². The van der Waals surface area contributed by atoms with E-state index in [1.165, 1.54) is 16.7 Å². The number of benzene rings is 2. The first-order valence-corrected chi connectivity index (χ1v) is 7.34. The standard InChI is InChI=1S/C18H21NO2/c1-20-17-11-14-8-9-19-16(15(14)12-18(17)21-2)10-13-6-4-3-5-7-13/h3-7,11-12,16,19H,8-10H2,1-2H3. The van der Waals surface area contributed by atoms with Gasteiger partial charge in [-0.15, -0.1) is 0 Å². The second-order valence-electron chi connectivity index (χ2n) is 5.35. The molecule has 21 heavy (non-hydrogen) atoms. The van der Waals surface area contributed by atoms with Gasteiger partial charge in [-0.25, -0.2) is 0 Å². The third kappa shape index (κ3) is 2.88. The Bertz CT molecular complexity index is 610. The topological polar surface area (TPSA) is 30.5 Å². The molecule has 2 aromatic carbocycles.